The van der Waals surface area contributed by atoms with Gasteiger partial charge in [-0.1, -0.05) is 11.2 Å². The Hall–Kier alpha value is -2.56. The number of pyridine rings is 1. The Morgan fingerprint density at radius 3 is 2.67 bits per heavy atom. The summed E-state index contributed by atoms with van der Waals surface area (Å²) in [4.78, 5) is 4.16. The van der Waals surface area contributed by atoms with Gasteiger partial charge in [0.05, 0.1) is 0 Å². The lowest BCUT2D eigenvalue weighted by Gasteiger charge is -2.16. The molecule has 1 aromatic heterocycles. The zero-order valence-corrected chi connectivity index (χ0v) is 11.6. The summed E-state index contributed by atoms with van der Waals surface area (Å²) in [6.45, 7) is 0. The van der Waals surface area contributed by atoms with Gasteiger partial charge in [0.1, 0.15) is 5.75 Å². The quantitative estimate of drug-likeness (QED) is 0.393. The van der Waals surface area contributed by atoms with E-state index in [-0.39, 0.29) is 5.84 Å². The zero-order chi connectivity index (χ0) is 14.7. The third-order valence-electron chi connectivity index (χ3n) is 3.68. The number of nitrogens with two attached hydrogens (primary N) is 1. The van der Waals surface area contributed by atoms with Gasteiger partial charge in [0.15, 0.2) is 5.84 Å². The van der Waals surface area contributed by atoms with Crippen LogP contribution in [0.1, 0.15) is 29.5 Å². The van der Waals surface area contributed by atoms with Crippen LogP contribution < -0.4 is 10.5 Å². The van der Waals surface area contributed by atoms with Crippen LogP contribution >= 0.6 is 0 Å². The second kappa shape index (κ2) is 5.83. The molecule has 2 aromatic rings. The monoisotopic (exact) mass is 283 g/mol. The van der Waals surface area contributed by atoms with Crippen LogP contribution in [-0.4, -0.2) is 16.0 Å². The fraction of sp³-hybridized carbons (Fsp3) is 0.250. The van der Waals surface area contributed by atoms with Gasteiger partial charge >= 0.3 is 0 Å². The minimum Gasteiger partial charge on any atom is -0.439 e. The maximum absolute atomic E-state index is 8.61. The number of nitrogens with zero attached hydrogens (tertiary/aromatic N) is 2. The summed E-state index contributed by atoms with van der Waals surface area (Å²) in [7, 11) is 0. The smallest absolute Gasteiger partial charge is 0.219 e. The third-order valence-corrected chi connectivity index (χ3v) is 3.68. The summed E-state index contributed by atoms with van der Waals surface area (Å²) < 4.78 is 5.76. The fourth-order valence-corrected chi connectivity index (χ4v) is 2.54. The second-order valence-corrected chi connectivity index (χ2v) is 5.11. The standard InChI is InChI=1S/C16H17N3O2/c17-16(19-20)13-6-8-15(18-10-13)21-14-7-5-11-3-1-2-4-12(11)9-14/h5-10,20H,1-4H2,(H2,17,19). The fourth-order valence-electron chi connectivity index (χ4n) is 2.54. The van der Waals surface area contributed by atoms with Crippen LogP contribution in [0.3, 0.4) is 0 Å². The highest BCUT2D eigenvalue weighted by Gasteiger charge is 2.10. The number of ether oxygens (including phenoxy) is 1. The minimum absolute atomic E-state index is 0.0304. The van der Waals surface area contributed by atoms with E-state index in [4.69, 9.17) is 15.7 Å². The number of aryl methyl sites for hydroxylation is 2. The highest BCUT2D eigenvalue weighted by molar-refractivity contribution is 5.96. The van der Waals surface area contributed by atoms with Crippen molar-refractivity contribution in [2.75, 3.05) is 0 Å². The number of aromatic nitrogens is 1. The Labute approximate surface area is 123 Å². The molecule has 21 heavy (non-hydrogen) atoms. The molecule has 1 aliphatic carbocycles. The van der Waals surface area contributed by atoms with Crippen molar-refractivity contribution in [1.29, 1.82) is 0 Å². The molecular weight excluding hydrogens is 266 g/mol. The van der Waals surface area contributed by atoms with Crippen molar-refractivity contribution in [3.63, 3.8) is 0 Å². The first-order chi connectivity index (χ1) is 10.3. The van der Waals surface area contributed by atoms with Gasteiger partial charge in [0.25, 0.3) is 0 Å². The SMILES string of the molecule is NC(=NO)c1ccc(Oc2ccc3c(c2)CCCC3)nc1. The molecule has 1 aliphatic rings. The van der Waals surface area contributed by atoms with Gasteiger partial charge in [-0.25, -0.2) is 4.98 Å². The first kappa shape index (κ1) is 13.4. The molecular formula is C16H17N3O2. The van der Waals surface area contributed by atoms with Crippen molar-refractivity contribution < 1.29 is 9.94 Å². The largest absolute Gasteiger partial charge is 0.439 e. The van der Waals surface area contributed by atoms with E-state index in [1.807, 2.05) is 6.07 Å². The van der Waals surface area contributed by atoms with Crippen molar-refractivity contribution in [3.05, 3.63) is 53.2 Å². The molecule has 1 heterocycles. The highest BCUT2D eigenvalue weighted by Crippen LogP contribution is 2.27. The first-order valence-corrected chi connectivity index (χ1v) is 7.00. The van der Waals surface area contributed by atoms with E-state index in [0.717, 1.165) is 18.6 Å². The van der Waals surface area contributed by atoms with Gasteiger partial charge in [0.2, 0.25) is 5.88 Å². The Morgan fingerprint density at radius 2 is 1.95 bits per heavy atom. The number of benzene rings is 1. The van der Waals surface area contributed by atoms with Crippen molar-refractivity contribution in [2.45, 2.75) is 25.7 Å². The molecule has 108 valence electrons. The number of rotatable bonds is 3. The molecule has 0 aliphatic heterocycles. The topological polar surface area (TPSA) is 80.7 Å². The van der Waals surface area contributed by atoms with Crippen LogP contribution in [0.25, 0.3) is 0 Å². The van der Waals surface area contributed by atoms with E-state index < -0.39 is 0 Å². The van der Waals surface area contributed by atoms with E-state index in [1.54, 1.807) is 12.1 Å². The van der Waals surface area contributed by atoms with Crippen molar-refractivity contribution in [3.8, 4) is 11.6 Å². The van der Waals surface area contributed by atoms with Crippen molar-refractivity contribution in [2.24, 2.45) is 10.9 Å². The molecule has 0 spiro atoms. The van der Waals surface area contributed by atoms with Gasteiger partial charge in [-0.2, -0.15) is 0 Å². The van der Waals surface area contributed by atoms with Crippen LogP contribution in [0.15, 0.2) is 41.7 Å². The van der Waals surface area contributed by atoms with Crippen LogP contribution in [0.2, 0.25) is 0 Å². The average molecular weight is 283 g/mol. The van der Waals surface area contributed by atoms with Crippen molar-refractivity contribution in [1.82, 2.24) is 4.98 Å². The molecule has 5 heteroatoms. The van der Waals surface area contributed by atoms with E-state index in [1.165, 1.54) is 30.2 Å². The number of amidine groups is 1. The lowest BCUT2D eigenvalue weighted by Crippen LogP contribution is -2.13. The first-order valence-electron chi connectivity index (χ1n) is 7.00. The maximum atomic E-state index is 8.61. The minimum atomic E-state index is 0.0304. The van der Waals surface area contributed by atoms with E-state index in [2.05, 4.69) is 22.3 Å². The molecule has 0 saturated carbocycles. The second-order valence-electron chi connectivity index (χ2n) is 5.11. The number of oxime groups is 1. The number of hydrogen-bond donors (Lipinski definition) is 2. The normalized spacial score (nSPS) is 14.6. The van der Waals surface area contributed by atoms with Gasteiger partial charge < -0.3 is 15.7 Å². The summed E-state index contributed by atoms with van der Waals surface area (Å²) in [5.41, 5.74) is 8.83. The van der Waals surface area contributed by atoms with Gasteiger partial charge in [-0.3, -0.25) is 0 Å². The van der Waals surface area contributed by atoms with Crippen molar-refractivity contribution >= 4 is 5.84 Å². The van der Waals surface area contributed by atoms with Gasteiger partial charge in [-0.05, 0) is 55.0 Å². The molecule has 0 amide bonds. The maximum Gasteiger partial charge on any atom is 0.219 e. The summed E-state index contributed by atoms with van der Waals surface area (Å²) in [6, 6.07) is 9.61. The third kappa shape index (κ3) is 2.97. The summed E-state index contributed by atoms with van der Waals surface area (Å²) in [5, 5.41) is 11.5. The predicted molar refractivity (Wildman–Crippen MR) is 79.9 cm³/mol. The van der Waals surface area contributed by atoms with Crippen LogP contribution in [0.5, 0.6) is 11.6 Å². The molecule has 0 atom stereocenters. The zero-order valence-electron chi connectivity index (χ0n) is 11.6. The van der Waals surface area contributed by atoms with E-state index in [9.17, 15) is 0 Å². The van der Waals surface area contributed by atoms with Crippen LogP contribution in [-0.2, 0) is 12.8 Å². The molecule has 5 nitrogen and oxygen atoms in total. The summed E-state index contributed by atoms with van der Waals surface area (Å²) in [5.74, 6) is 1.31. The van der Waals surface area contributed by atoms with E-state index >= 15 is 0 Å². The molecule has 0 bridgehead atoms. The molecule has 0 radical (unpaired) electrons. The molecule has 0 unspecified atom stereocenters. The van der Waals surface area contributed by atoms with Crippen LogP contribution in [0.4, 0.5) is 0 Å². The Balaban J connectivity index is 1.77. The molecule has 0 fully saturated rings. The molecule has 1 aromatic carbocycles. The number of fused-ring (bicyclic) bond motifs is 1. The number of hydrogen-bond acceptors (Lipinski definition) is 4. The van der Waals surface area contributed by atoms with Crippen LogP contribution in [0, 0.1) is 0 Å². The lowest BCUT2D eigenvalue weighted by atomic mass is 9.92. The van der Waals surface area contributed by atoms with E-state index in [0.29, 0.717) is 11.4 Å². The Bertz CT molecular complexity index is 666. The average Bonchev–Trinajstić information content (AvgIpc) is 2.55. The van der Waals surface area contributed by atoms with Gasteiger partial charge in [0, 0.05) is 17.8 Å². The summed E-state index contributed by atoms with van der Waals surface area (Å²) in [6.07, 6.45) is 6.29. The Morgan fingerprint density at radius 1 is 1.14 bits per heavy atom. The Kier molecular flexibility index (Phi) is 3.73. The predicted octanol–water partition coefficient (Wildman–Crippen LogP) is 2.85. The molecule has 0 saturated heterocycles. The molecule has 3 rings (SSSR count). The van der Waals surface area contributed by atoms with Gasteiger partial charge in [-0.15, -0.1) is 0 Å². The molecule has 3 N–H and O–H groups in total. The highest BCUT2D eigenvalue weighted by atomic mass is 16.5. The summed E-state index contributed by atoms with van der Waals surface area (Å²) >= 11 is 0. The lowest BCUT2D eigenvalue weighted by molar-refractivity contribution is 0.318.